The van der Waals surface area contributed by atoms with Crippen LogP contribution in [-0.4, -0.2) is 23.0 Å². The zero-order chi connectivity index (χ0) is 16.6. The van der Waals surface area contributed by atoms with Gasteiger partial charge >= 0.3 is 0 Å². The van der Waals surface area contributed by atoms with Gasteiger partial charge in [0.2, 0.25) is 5.91 Å². The summed E-state index contributed by atoms with van der Waals surface area (Å²) in [6.45, 7) is 0.914. The Kier molecular flexibility index (Phi) is 3.68. The molecule has 1 aromatic rings. The molecule has 0 bridgehead atoms. The van der Waals surface area contributed by atoms with E-state index in [2.05, 4.69) is 45.3 Å². The van der Waals surface area contributed by atoms with E-state index in [9.17, 15) is 4.79 Å². The van der Waals surface area contributed by atoms with Crippen molar-refractivity contribution in [1.29, 1.82) is 0 Å². The number of carbonyl (C=O) groups excluding carboxylic acids is 1. The third-order valence-corrected chi connectivity index (χ3v) is 5.95. The Morgan fingerprint density at radius 3 is 2.58 bits per heavy atom. The predicted octanol–water partition coefficient (Wildman–Crippen LogP) is 4.10. The number of likely N-dealkylation sites (tertiary alicyclic amines) is 1. The summed E-state index contributed by atoms with van der Waals surface area (Å²) < 4.78 is 0. The van der Waals surface area contributed by atoms with Gasteiger partial charge in [0, 0.05) is 37.6 Å². The normalized spacial score (nSPS) is 24.8. The molecule has 2 aliphatic heterocycles. The molecule has 1 saturated carbocycles. The quantitative estimate of drug-likeness (QED) is 0.728. The molecule has 4 nitrogen and oxygen atoms in total. The molecular formula is C20H23N3O. The van der Waals surface area contributed by atoms with Crippen molar-refractivity contribution in [3.63, 3.8) is 0 Å². The van der Waals surface area contributed by atoms with Crippen LogP contribution in [0.2, 0.25) is 0 Å². The van der Waals surface area contributed by atoms with Crippen molar-refractivity contribution in [3.05, 3.63) is 35.9 Å². The van der Waals surface area contributed by atoms with Crippen molar-refractivity contribution in [3.8, 4) is 12.3 Å². The van der Waals surface area contributed by atoms with Crippen molar-refractivity contribution < 1.29 is 4.79 Å². The zero-order valence-electron chi connectivity index (χ0n) is 13.9. The molecule has 1 spiro atoms. The van der Waals surface area contributed by atoms with Crippen molar-refractivity contribution in [2.45, 2.75) is 56.7 Å². The maximum Gasteiger partial charge on any atom is 0.223 e. The van der Waals surface area contributed by atoms with Crippen LogP contribution in [-0.2, 0) is 4.79 Å². The van der Waals surface area contributed by atoms with Crippen LogP contribution in [0.25, 0.3) is 0 Å². The van der Waals surface area contributed by atoms with Gasteiger partial charge in [-0.3, -0.25) is 4.79 Å². The highest BCUT2D eigenvalue weighted by Crippen LogP contribution is 2.60. The van der Waals surface area contributed by atoms with E-state index in [0.717, 1.165) is 13.0 Å². The molecule has 0 radical (unpaired) electrons. The number of hydrogen-bond acceptors (Lipinski definition) is 3. The SMILES string of the molecule is C#CCCC1(CCC(=O)N2CC3(CCC3)C2c2ccccc2)N=N1. The van der Waals surface area contributed by atoms with Crippen molar-refractivity contribution in [1.82, 2.24) is 4.90 Å². The summed E-state index contributed by atoms with van der Waals surface area (Å²) in [7, 11) is 0. The standard InChI is InChI=1S/C20H23N3O/c1-2-3-13-20(21-22-20)14-10-17(24)23-15-19(11-7-12-19)18(23)16-8-5-4-6-9-16/h1,4-6,8-9,18H,3,7,10-15H2. The number of rotatable bonds is 6. The van der Waals surface area contributed by atoms with E-state index in [4.69, 9.17) is 6.42 Å². The third kappa shape index (κ3) is 2.53. The largest absolute Gasteiger partial charge is 0.334 e. The maximum atomic E-state index is 12.8. The fourth-order valence-electron chi connectivity index (χ4n) is 4.32. The first-order valence-corrected chi connectivity index (χ1v) is 8.90. The molecular weight excluding hydrogens is 298 g/mol. The van der Waals surface area contributed by atoms with Crippen molar-refractivity contribution in [2.75, 3.05) is 6.54 Å². The molecule has 24 heavy (non-hydrogen) atoms. The predicted molar refractivity (Wildman–Crippen MR) is 92.1 cm³/mol. The smallest absolute Gasteiger partial charge is 0.223 e. The second kappa shape index (κ2) is 5.73. The first-order valence-electron chi connectivity index (χ1n) is 8.90. The number of terminal acetylenes is 1. The van der Waals surface area contributed by atoms with Gasteiger partial charge in [-0.25, -0.2) is 0 Å². The second-order valence-electron chi connectivity index (χ2n) is 7.44. The number of benzene rings is 1. The molecule has 4 rings (SSSR count). The highest BCUT2D eigenvalue weighted by Gasteiger charge is 2.57. The van der Waals surface area contributed by atoms with E-state index >= 15 is 0 Å². The topological polar surface area (TPSA) is 45.0 Å². The minimum Gasteiger partial charge on any atom is -0.334 e. The third-order valence-electron chi connectivity index (χ3n) is 5.95. The Labute approximate surface area is 143 Å². The van der Waals surface area contributed by atoms with Crippen LogP contribution in [0, 0.1) is 17.8 Å². The molecule has 4 heteroatoms. The average molecular weight is 321 g/mol. The molecule has 1 aliphatic carbocycles. The minimum absolute atomic E-state index is 0.235. The van der Waals surface area contributed by atoms with Crippen LogP contribution >= 0.6 is 0 Å². The first-order chi connectivity index (χ1) is 11.7. The lowest BCUT2D eigenvalue weighted by atomic mass is 9.56. The van der Waals surface area contributed by atoms with E-state index in [1.165, 1.54) is 24.8 Å². The molecule has 0 aromatic heterocycles. The number of carbonyl (C=O) groups is 1. The molecule has 1 atom stereocenters. The summed E-state index contributed by atoms with van der Waals surface area (Å²) in [6, 6.07) is 10.7. The first kappa shape index (κ1) is 15.4. The van der Waals surface area contributed by atoms with Crippen LogP contribution in [0.15, 0.2) is 40.6 Å². The summed E-state index contributed by atoms with van der Waals surface area (Å²) in [4.78, 5) is 14.9. The van der Waals surface area contributed by atoms with E-state index < -0.39 is 0 Å². The maximum absolute atomic E-state index is 12.8. The van der Waals surface area contributed by atoms with Gasteiger partial charge < -0.3 is 4.90 Å². The van der Waals surface area contributed by atoms with Crippen molar-refractivity contribution >= 4 is 5.91 Å². The Bertz CT molecular complexity index is 693. The van der Waals surface area contributed by atoms with E-state index in [1.807, 2.05) is 6.07 Å². The summed E-state index contributed by atoms with van der Waals surface area (Å²) >= 11 is 0. The average Bonchev–Trinajstić information content (AvgIpc) is 3.30. The summed E-state index contributed by atoms with van der Waals surface area (Å²) in [5.41, 5.74) is 1.26. The van der Waals surface area contributed by atoms with Crippen LogP contribution in [0.1, 0.15) is 56.6 Å². The monoisotopic (exact) mass is 321 g/mol. The Morgan fingerprint density at radius 1 is 1.25 bits per heavy atom. The van der Waals surface area contributed by atoms with Gasteiger partial charge in [-0.2, -0.15) is 10.2 Å². The van der Waals surface area contributed by atoms with Gasteiger partial charge in [0.1, 0.15) is 0 Å². The highest BCUT2D eigenvalue weighted by molar-refractivity contribution is 5.78. The van der Waals surface area contributed by atoms with Crippen molar-refractivity contribution in [2.24, 2.45) is 15.6 Å². The lowest BCUT2D eigenvalue weighted by Crippen LogP contribution is -2.63. The molecule has 2 heterocycles. The fraction of sp³-hybridized carbons (Fsp3) is 0.550. The molecule has 1 unspecified atom stereocenters. The van der Waals surface area contributed by atoms with Crippen LogP contribution < -0.4 is 0 Å². The number of hydrogen-bond donors (Lipinski definition) is 0. The van der Waals surface area contributed by atoms with E-state index in [1.54, 1.807) is 0 Å². The molecule has 124 valence electrons. The molecule has 2 fully saturated rings. The van der Waals surface area contributed by atoms with Gasteiger partial charge in [0.15, 0.2) is 5.66 Å². The van der Waals surface area contributed by atoms with Gasteiger partial charge in [-0.1, -0.05) is 36.8 Å². The molecule has 1 saturated heterocycles. The van der Waals surface area contributed by atoms with Crippen LogP contribution in [0.4, 0.5) is 0 Å². The Balaban J connectivity index is 1.40. The van der Waals surface area contributed by atoms with E-state index in [0.29, 0.717) is 24.7 Å². The molecule has 3 aliphatic rings. The van der Waals surface area contributed by atoms with Crippen LogP contribution in [0.3, 0.4) is 0 Å². The summed E-state index contributed by atoms with van der Waals surface area (Å²) in [5.74, 6) is 2.87. The summed E-state index contributed by atoms with van der Waals surface area (Å²) in [5, 5.41) is 8.28. The summed E-state index contributed by atoms with van der Waals surface area (Å²) in [6.07, 6.45) is 11.7. The number of amides is 1. The fourth-order valence-corrected chi connectivity index (χ4v) is 4.32. The van der Waals surface area contributed by atoms with Crippen LogP contribution in [0.5, 0.6) is 0 Å². The van der Waals surface area contributed by atoms with Gasteiger partial charge in [0.25, 0.3) is 0 Å². The Morgan fingerprint density at radius 2 is 2.00 bits per heavy atom. The zero-order valence-corrected chi connectivity index (χ0v) is 13.9. The highest BCUT2D eigenvalue weighted by atomic mass is 16.2. The van der Waals surface area contributed by atoms with Gasteiger partial charge in [-0.15, -0.1) is 12.3 Å². The molecule has 1 aromatic carbocycles. The lowest BCUT2D eigenvalue weighted by molar-refractivity contribution is -0.169. The van der Waals surface area contributed by atoms with Gasteiger partial charge in [-0.05, 0) is 18.4 Å². The van der Waals surface area contributed by atoms with Gasteiger partial charge in [0.05, 0.1) is 6.04 Å². The lowest BCUT2D eigenvalue weighted by Gasteiger charge is -2.62. The Hall–Kier alpha value is -2.15. The second-order valence-corrected chi connectivity index (χ2v) is 7.44. The molecule has 1 amide bonds. The van der Waals surface area contributed by atoms with E-state index in [-0.39, 0.29) is 17.6 Å². The molecule has 0 N–H and O–H groups in total. The number of nitrogens with zero attached hydrogens (tertiary/aromatic N) is 3. The minimum atomic E-state index is -0.358.